The predicted octanol–water partition coefficient (Wildman–Crippen LogP) is 3.04. The summed E-state index contributed by atoms with van der Waals surface area (Å²) in [6.45, 7) is 0.726. The zero-order valence-corrected chi connectivity index (χ0v) is 15.3. The Morgan fingerprint density at radius 3 is 2.84 bits per heavy atom. The minimum absolute atomic E-state index is 0.0937. The molecule has 25 heavy (non-hydrogen) atoms. The summed E-state index contributed by atoms with van der Waals surface area (Å²) >= 11 is 6.95. The third-order valence-electron chi connectivity index (χ3n) is 3.68. The standard InChI is InChI=1S/C17H18N4O2S2/c1-23-13-6-4-12(5-7-13)16-19-20-17(24)21(16)11-15(22)18-9-8-14-3-2-10-25-14/h2-7,10H,8-9,11H2,1H3,(H,18,22)(H,20,24). The molecule has 1 amide bonds. The summed E-state index contributed by atoms with van der Waals surface area (Å²) in [6, 6.07) is 11.5. The molecule has 0 unspecified atom stereocenters. The van der Waals surface area contributed by atoms with Crippen LogP contribution in [0, 0.1) is 4.77 Å². The van der Waals surface area contributed by atoms with Gasteiger partial charge in [0.1, 0.15) is 12.3 Å². The van der Waals surface area contributed by atoms with Gasteiger partial charge in [0.05, 0.1) is 7.11 Å². The van der Waals surface area contributed by atoms with Crippen LogP contribution in [0.4, 0.5) is 0 Å². The van der Waals surface area contributed by atoms with E-state index in [9.17, 15) is 4.79 Å². The number of aromatic nitrogens is 3. The Labute approximate surface area is 154 Å². The summed E-state index contributed by atoms with van der Waals surface area (Å²) in [5.41, 5.74) is 0.861. The Kier molecular flexibility index (Phi) is 5.62. The van der Waals surface area contributed by atoms with E-state index in [2.05, 4.69) is 21.6 Å². The Balaban J connectivity index is 1.66. The minimum Gasteiger partial charge on any atom is -0.497 e. The normalized spacial score (nSPS) is 10.6. The Bertz CT molecular complexity index is 882. The van der Waals surface area contributed by atoms with E-state index in [1.54, 1.807) is 23.0 Å². The zero-order chi connectivity index (χ0) is 17.6. The maximum Gasteiger partial charge on any atom is 0.240 e. The van der Waals surface area contributed by atoms with Crippen molar-refractivity contribution >= 4 is 29.5 Å². The second-order valence-electron chi connectivity index (χ2n) is 5.35. The lowest BCUT2D eigenvalue weighted by atomic mass is 10.2. The molecule has 0 fully saturated rings. The van der Waals surface area contributed by atoms with Crippen molar-refractivity contribution in [1.82, 2.24) is 20.1 Å². The number of rotatable bonds is 7. The van der Waals surface area contributed by atoms with E-state index in [1.165, 1.54) is 4.88 Å². The summed E-state index contributed by atoms with van der Waals surface area (Å²) in [5.74, 6) is 1.29. The van der Waals surface area contributed by atoms with Crippen LogP contribution in [0.3, 0.4) is 0 Å². The van der Waals surface area contributed by atoms with Crippen LogP contribution in [0.25, 0.3) is 11.4 Å². The topological polar surface area (TPSA) is 71.9 Å². The molecule has 3 rings (SSSR count). The van der Waals surface area contributed by atoms with E-state index < -0.39 is 0 Å². The molecule has 3 aromatic rings. The van der Waals surface area contributed by atoms with Gasteiger partial charge in [0.25, 0.3) is 0 Å². The molecule has 8 heteroatoms. The molecule has 2 heterocycles. The molecule has 0 aliphatic heterocycles. The number of methoxy groups -OCH3 is 1. The molecule has 0 atom stereocenters. The number of carbonyl (C=O) groups is 1. The first-order valence-corrected chi connectivity index (χ1v) is 9.05. The van der Waals surface area contributed by atoms with Crippen molar-refractivity contribution in [1.29, 1.82) is 0 Å². The monoisotopic (exact) mass is 374 g/mol. The number of nitrogens with zero attached hydrogens (tertiary/aromatic N) is 2. The molecule has 2 aromatic heterocycles. The highest BCUT2D eigenvalue weighted by Gasteiger charge is 2.12. The molecule has 0 bridgehead atoms. The van der Waals surface area contributed by atoms with Crippen LogP contribution in [0.2, 0.25) is 0 Å². The van der Waals surface area contributed by atoms with Crippen molar-refractivity contribution < 1.29 is 9.53 Å². The SMILES string of the molecule is COc1ccc(-c2n[nH]c(=S)n2CC(=O)NCCc2cccs2)cc1. The van der Waals surface area contributed by atoms with E-state index in [-0.39, 0.29) is 12.5 Å². The molecule has 6 nitrogen and oxygen atoms in total. The van der Waals surface area contributed by atoms with Gasteiger partial charge in [-0.25, -0.2) is 0 Å². The number of aromatic amines is 1. The molecule has 0 aliphatic rings. The highest BCUT2D eigenvalue weighted by molar-refractivity contribution is 7.71. The van der Waals surface area contributed by atoms with Gasteiger partial charge in [0.15, 0.2) is 10.6 Å². The summed E-state index contributed by atoms with van der Waals surface area (Å²) in [4.78, 5) is 13.5. The van der Waals surface area contributed by atoms with Crippen LogP contribution in [-0.2, 0) is 17.8 Å². The van der Waals surface area contributed by atoms with Crippen LogP contribution in [0.15, 0.2) is 41.8 Å². The number of benzene rings is 1. The largest absolute Gasteiger partial charge is 0.497 e. The van der Waals surface area contributed by atoms with Gasteiger partial charge in [-0.15, -0.1) is 11.3 Å². The highest BCUT2D eigenvalue weighted by Crippen LogP contribution is 2.20. The van der Waals surface area contributed by atoms with E-state index in [0.29, 0.717) is 17.1 Å². The first kappa shape index (κ1) is 17.4. The van der Waals surface area contributed by atoms with Crippen molar-refractivity contribution in [2.75, 3.05) is 13.7 Å². The fourth-order valence-corrected chi connectivity index (χ4v) is 3.31. The van der Waals surface area contributed by atoms with Gasteiger partial charge in [-0.2, -0.15) is 5.10 Å². The first-order valence-electron chi connectivity index (χ1n) is 7.76. The molecule has 0 radical (unpaired) electrons. The first-order chi connectivity index (χ1) is 12.2. The van der Waals surface area contributed by atoms with Gasteiger partial charge in [-0.3, -0.25) is 14.5 Å². The van der Waals surface area contributed by atoms with Gasteiger partial charge in [0.2, 0.25) is 5.91 Å². The van der Waals surface area contributed by atoms with Crippen LogP contribution in [0.5, 0.6) is 5.75 Å². The zero-order valence-electron chi connectivity index (χ0n) is 13.7. The maximum atomic E-state index is 12.2. The van der Waals surface area contributed by atoms with Crippen LogP contribution in [-0.4, -0.2) is 34.3 Å². The van der Waals surface area contributed by atoms with Gasteiger partial charge in [0, 0.05) is 17.0 Å². The van der Waals surface area contributed by atoms with Gasteiger partial charge in [-0.05, 0) is 54.4 Å². The Hall–Kier alpha value is -2.45. The van der Waals surface area contributed by atoms with E-state index >= 15 is 0 Å². The summed E-state index contributed by atoms with van der Waals surface area (Å²) in [7, 11) is 1.62. The minimum atomic E-state index is -0.0937. The van der Waals surface area contributed by atoms with Gasteiger partial charge >= 0.3 is 0 Å². The lowest BCUT2D eigenvalue weighted by Crippen LogP contribution is -2.29. The molecule has 0 spiro atoms. The summed E-state index contributed by atoms with van der Waals surface area (Å²) < 4.78 is 7.27. The number of hydrogen-bond acceptors (Lipinski definition) is 5. The van der Waals surface area contributed by atoms with Crippen molar-refractivity contribution in [3.63, 3.8) is 0 Å². The van der Waals surface area contributed by atoms with Gasteiger partial charge in [-0.1, -0.05) is 6.07 Å². The van der Waals surface area contributed by atoms with Crippen molar-refractivity contribution in [2.24, 2.45) is 0 Å². The van der Waals surface area contributed by atoms with Crippen molar-refractivity contribution in [3.8, 4) is 17.1 Å². The molecule has 2 N–H and O–H groups in total. The predicted molar refractivity (Wildman–Crippen MR) is 100 cm³/mol. The lowest BCUT2D eigenvalue weighted by Gasteiger charge is -2.08. The number of H-pyrrole nitrogens is 1. The third-order valence-corrected chi connectivity index (χ3v) is 4.93. The quantitative estimate of drug-likeness (QED) is 0.624. The number of thiophene rings is 1. The molecule has 0 saturated heterocycles. The number of amides is 1. The van der Waals surface area contributed by atoms with Crippen LogP contribution in [0.1, 0.15) is 4.88 Å². The maximum absolute atomic E-state index is 12.2. The van der Waals surface area contributed by atoms with Gasteiger partial charge < -0.3 is 10.1 Å². The second-order valence-corrected chi connectivity index (χ2v) is 6.77. The molecule has 130 valence electrons. The van der Waals surface area contributed by atoms with E-state index in [4.69, 9.17) is 17.0 Å². The van der Waals surface area contributed by atoms with Crippen molar-refractivity contribution in [3.05, 3.63) is 51.4 Å². The fourth-order valence-electron chi connectivity index (χ4n) is 2.40. The van der Waals surface area contributed by atoms with Crippen LogP contribution >= 0.6 is 23.6 Å². The third kappa shape index (κ3) is 4.34. The van der Waals surface area contributed by atoms with E-state index in [1.807, 2.05) is 35.7 Å². The Morgan fingerprint density at radius 2 is 2.16 bits per heavy atom. The number of ether oxygens (including phenoxy) is 1. The second kappa shape index (κ2) is 8.09. The smallest absolute Gasteiger partial charge is 0.240 e. The average Bonchev–Trinajstić information content (AvgIpc) is 3.26. The molecule has 0 saturated carbocycles. The number of hydrogen-bond donors (Lipinski definition) is 2. The van der Waals surface area contributed by atoms with E-state index in [0.717, 1.165) is 17.7 Å². The molecule has 0 aliphatic carbocycles. The molecule has 1 aromatic carbocycles. The number of carbonyl (C=O) groups excluding carboxylic acids is 1. The molecular formula is C17H18N4O2S2. The summed E-state index contributed by atoms with van der Waals surface area (Å²) in [6.07, 6.45) is 0.825. The fraction of sp³-hybridized carbons (Fsp3) is 0.235. The summed E-state index contributed by atoms with van der Waals surface area (Å²) in [5, 5.41) is 11.9. The molecular weight excluding hydrogens is 356 g/mol. The van der Waals surface area contributed by atoms with Crippen molar-refractivity contribution in [2.45, 2.75) is 13.0 Å². The lowest BCUT2D eigenvalue weighted by molar-refractivity contribution is -0.121. The average molecular weight is 374 g/mol. The Morgan fingerprint density at radius 1 is 1.36 bits per heavy atom. The number of nitrogens with one attached hydrogen (secondary N) is 2. The highest BCUT2D eigenvalue weighted by atomic mass is 32.1. The van der Waals surface area contributed by atoms with Crippen LogP contribution < -0.4 is 10.1 Å².